The molecule has 144 valence electrons. The molecular formula is C21H24N6O. The monoisotopic (exact) mass is 376 g/mol. The normalized spacial score (nSPS) is 14.1. The number of aryl methyl sites for hydroxylation is 2. The highest BCUT2D eigenvalue weighted by atomic mass is 16.1. The number of carbonyl (C=O) groups excluding carboxylic acids is 1. The summed E-state index contributed by atoms with van der Waals surface area (Å²) in [6, 6.07) is 7.62. The standard InChI is InChI=1S/C21H24N6O/c1-15-8-9-17(16-7-6-10-22-13-16)23-19(15)21(28)24-18-14-26(2)25-20(18)27-11-4-3-5-12-27/h6-10,13-14H,3-5,11-12H2,1-2H3,(H,24,28). The molecule has 4 heterocycles. The number of aromatic nitrogens is 4. The van der Waals surface area contributed by atoms with E-state index in [1.807, 2.05) is 44.4 Å². The summed E-state index contributed by atoms with van der Waals surface area (Å²) in [4.78, 5) is 24.0. The molecule has 7 heteroatoms. The Morgan fingerprint density at radius 2 is 1.96 bits per heavy atom. The zero-order chi connectivity index (χ0) is 19.5. The summed E-state index contributed by atoms with van der Waals surface area (Å²) in [5, 5.41) is 7.59. The number of nitrogens with one attached hydrogen (secondary N) is 1. The third-order valence-corrected chi connectivity index (χ3v) is 4.98. The fraction of sp³-hybridized carbons (Fsp3) is 0.333. The van der Waals surface area contributed by atoms with Gasteiger partial charge in [-0.15, -0.1) is 0 Å². The minimum Gasteiger partial charge on any atom is -0.353 e. The van der Waals surface area contributed by atoms with Gasteiger partial charge in [-0.1, -0.05) is 6.07 Å². The number of hydrogen-bond acceptors (Lipinski definition) is 5. The maximum Gasteiger partial charge on any atom is 0.274 e. The Hall–Kier alpha value is -3.22. The molecule has 1 saturated heterocycles. The third-order valence-electron chi connectivity index (χ3n) is 4.98. The van der Waals surface area contributed by atoms with Crippen LogP contribution in [0.15, 0.2) is 42.9 Å². The van der Waals surface area contributed by atoms with E-state index in [-0.39, 0.29) is 5.91 Å². The Morgan fingerprint density at radius 3 is 2.71 bits per heavy atom. The average molecular weight is 376 g/mol. The van der Waals surface area contributed by atoms with E-state index in [9.17, 15) is 4.79 Å². The van der Waals surface area contributed by atoms with Crippen molar-refractivity contribution in [3.8, 4) is 11.3 Å². The average Bonchev–Trinajstić information content (AvgIpc) is 3.09. The lowest BCUT2D eigenvalue weighted by atomic mass is 10.1. The van der Waals surface area contributed by atoms with Crippen LogP contribution in [0.1, 0.15) is 35.3 Å². The van der Waals surface area contributed by atoms with Gasteiger partial charge in [-0.3, -0.25) is 14.5 Å². The van der Waals surface area contributed by atoms with E-state index in [1.54, 1.807) is 17.1 Å². The lowest BCUT2D eigenvalue weighted by Crippen LogP contribution is -2.30. The van der Waals surface area contributed by atoms with E-state index >= 15 is 0 Å². The smallest absolute Gasteiger partial charge is 0.274 e. The summed E-state index contributed by atoms with van der Waals surface area (Å²) in [6.45, 7) is 3.82. The highest BCUT2D eigenvalue weighted by molar-refractivity contribution is 6.05. The molecule has 1 fully saturated rings. The van der Waals surface area contributed by atoms with E-state index in [1.165, 1.54) is 6.42 Å². The molecule has 0 atom stereocenters. The zero-order valence-electron chi connectivity index (χ0n) is 16.2. The van der Waals surface area contributed by atoms with Gasteiger partial charge in [-0.05, 0) is 49.9 Å². The van der Waals surface area contributed by atoms with E-state index in [0.717, 1.165) is 54.3 Å². The zero-order valence-corrected chi connectivity index (χ0v) is 16.2. The number of anilines is 2. The summed E-state index contributed by atoms with van der Waals surface area (Å²) < 4.78 is 1.74. The van der Waals surface area contributed by atoms with Crippen LogP contribution in [0.2, 0.25) is 0 Å². The number of piperidine rings is 1. The van der Waals surface area contributed by atoms with Crippen molar-refractivity contribution < 1.29 is 4.79 Å². The molecule has 7 nitrogen and oxygen atoms in total. The largest absolute Gasteiger partial charge is 0.353 e. The van der Waals surface area contributed by atoms with Crippen LogP contribution < -0.4 is 10.2 Å². The number of hydrogen-bond donors (Lipinski definition) is 1. The highest BCUT2D eigenvalue weighted by Gasteiger charge is 2.21. The molecule has 4 rings (SSSR count). The molecule has 0 aliphatic carbocycles. The molecule has 0 bridgehead atoms. The van der Waals surface area contributed by atoms with Crippen molar-refractivity contribution >= 4 is 17.4 Å². The van der Waals surface area contributed by atoms with Gasteiger partial charge < -0.3 is 10.2 Å². The van der Waals surface area contributed by atoms with Crippen LogP contribution in [-0.4, -0.2) is 38.7 Å². The van der Waals surface area contributed by atoms with Crippen molar-refractivity contribution in [2.75, 3.05) is 23.3 Å². The predicted octanol–water partition coefficient (Wildman–Crippen LogP) is 3.43. The van der Waals surface area contributed by atoms with Gasteiger partial charge in [0.05, 0.1) is 11.9 Å². The van der Waals surface area contributed by atoms with Crippen LogP contribution in [0.5, 0.6) is 0 Å². The summed E-state index contributed by atoms with van der Waals surface area (Å²) >= 11 is 0. The van der Waals surface area contributed by atoms with Crippen molar-refractivity contribution in [2.24, 2.45) is 7.05 Å². The van der Waals surface area contributed by atoms with E-state index in [4.69, 9.17) is 0 Å². The minimum atomic E-state index is -0.227. The molecule has 0 radical (unpaired) electrons. The van der Waals surface area contributed by atoms with Gasteiger partial charge in [0.2, 0.25) is 0 Å². The van der Waals surface area contributed by atoms with E-state index in [2.05, 4.69) is 25.3 Å². The quantitative estimate of drug-likeness (QED) is 0.755. The first kappa shape index (κ1) is 18.2. The molecule has 0 unspecified atom stereocenters. The first-order valence-corrected chi connectivity index (χ1v) is 9.60. The fourth-order valence-electron chi connectivity index (χ4n) is 3.52. The van der Waals surface area contributed by atoms with Gasteiger partial charge in [0.15, 0.2) is 5.82 Å². The Balaban J connectivity index is 1.61. The van der Waals surface area contributed by atoms with Gasteiger partial charge >= 0.3 is 0 Å². The van der Waals surface area contributed by atoms with Crippen LogP contribution in [0, 0.1) is 6.92 Å². The van der Waals surface area contributed by atoms with Crippen molar-refractivity contribution in [1.82, 2.24) is 19.7 Å². The maximum atomic E-state index is 13.0. The third kappa shape index (κ3) is 3.74. The highest BCUT2D eigenvalue weighted by Crippen LogP contribution is 2.27. The van der Waals surface area contributed by atoms with Crippen molar-refractivity contribution in [1.29, 1.82) is 0 Å². The summed E-state index contributed by atoms with van der Waals surface area (Å²) in [7, 11) is 1.87. The molecule has 3 aromatic heterocycles. The Labute approximate surface area is 164 Å². The number of nitrogens with zero attached hydrogens (tertiary/aromatic N) is 5. The first-order valence-electron chi connectivity index (χ1n) is 9.60. The molecule has 0 spiro atoms. The molecule has 0 aromatic carbocycles. The van der Waals surface area contributed by atoms with Gasteiger partial charge in [-0.2, -0.15) is 5.10 Å². The van der Waals surface area contributed by atoms with Crippen LogP contribution in [-0.2, 0) is 7.05 Å². The van der Waals surface area contributed by atoms with Crippen LogP contribution in [0.25, 0.3) is 11.3 Å². The summed E-state index contributed by atoms with van der Waals surface area (Å²) in [5.74, 6) is 0.603. The van der Waals surface area contributed by atoms with Gasteiger partial charge in [0.1, 0.15) is 11.4 Å². The Kier molecular flexibility index (Phi) is 5.06. The molecular weight excluding hydrogens is 352 g/mol. The van der Waals surface area contributed by atoms with Gasteiger partial charge in [0.25, 0.3) is 5.91 Å². The lowest BCUT2D eigenvalue weighted by molar-refractivity contribution is 0.102. The summed E-state index contributed by atoms with van der Waals surface area (Å²) in [6.07, 6.45) is 8.86. The number of rotatable bonds is 4. The van der Waals surface area contributed by atoms with E-state index < -0.39 is 0 Å². The second-order valence-electron chi connectivity index (χ2n) is 7.15. The Bertz CT molecular complexity index is 976. The Morgan fingerprint density at radius 1 is 1.14 bits per heavy atom. The first-order chi connectivity index (χ1) is 13.6. The fourth-order valence-corrected chi connectivity index (χ4v) is 3.52. The van der Waals surface area contributed by atoms with E-state index in [0.29, 0.717) is 5.69 Å². The second kappa shape index (κ2) is 7.80. The van der Waals surface area contributed by atoms with Crippen LogP contribution in [0.4, 0.5) is 11.5 Å². The number of carbonyl (C=O) groups is 1. The molecule has 28 heavy (non-hydrogen) atoms. The number of amides is 1. The minimum absolute atomic E-state index is 0.227. The lowest BCUT2D eigenvalue weighted by Gasteiger charge is -2.27. The molecule has 1 N–H and O–H groups in total. The number of pyridine rings is 2. The SMILES string of the molecule is Cc1ccc(-c2cccnc2)nc1C(=O)Nc1cn(C)nc1N1CCCCC1. The molecule has 1 aliphatic rings. The second-order valence-corrected chi connectivity index (χ2v) is 7.15. The van der Waals surface area contributed by atoms with Crippen molar-refractivity contribution in [3.05, 3.63) is 54.1 Å². The van der Waals surface area contributed by atoms with Crippen LogP contribution >= 0.6 is 0 Å². The van der Waals surface area contributed by atoms with Crippen molar-refractivity contribution in [2.45, 2.75) is 26.2 Å². The predicted molar refractivity (Wildman–Crippen MR) is 109 cm³/mol. The molecule has 0 saturated carbocycles. The topological polar surface area (TPSA) is 75.9 Å². The molecule has 1 amide bonds. The molecule has 1 aliphatic heterocycles. The van der Waals surface area contributed by atoms with Crippen LogP contribution in [0.3, 0.4) is 0 Å². The van der Waals surface area contributed by atoms with Gasteiger partial charge in [-0.25, -0.2) is 4.98 Å². The van der Waals surface area contributed by atoms with Gasteiger partial charge in [0, 0.05) is 38.1 Å². The maximum absolute atomic E-state index is 13.0. The summed E-state index contributed by atoms with van der Waals surface area (Å²) in [5.41, 5.74) is 3.57. The molecule has 3 aromatic rings. The van der Waals surface area contributed by atoms with Crippen molar-refractivity contribution in [3.63, 3.8) is 0 Å².